The van der Waals surface area contributed by atoms with Crippen LogP contribution in [0.2, 0.25) is 0 Å². The number of urea groups is 1. The van der Waals surface area contributed by atoms with Crippen LogP contribution in [0, 0.1) is 5.92 Å². The number of amides is 2. The molecule has 10 nitrogen and oxygen atoms in total. The number of rotatable bonds is 6. The second-order valence-corrected chi connectivity index (χ2v) is 11.3. The molecule has 2 saturated carbocycles. The van der Waals surface area contributed by atoms with Crippen molar-refractivity contribution in [3.8, 4) is 11.4 Å². The molecule has 2 aliphatic carbocycles. The summed E-state index contributed by atoms with van der Waals surface area (Å²) in [6.45, 7) is 0.714. The highest BCUT2D eigenvalue weighted by Crippen LogP contribution is 2.52. The predicted molar refractivity (Wildman–Crippen MR) is 133 cm³/mol. The summed E-state index contributed by atoms with van der Waals surface area (Å²) < 4.78 is 62.8. The maximum Gasteiger partial charge on any atom is 0.322 e. The lowest BCUT2D eigenvalue weighted by Crippen LogP contribution is -2.54. The molecule has 2 aliphatic heterocycles. The fourth-order valence-corrected chi connectivity index (χ4v) is 5.74. The van der Waals surface area contributed by atoms with E-state index in [1.807, 2.05) is 4.90 Å². The van der Waals surface area contributed by atoms with Gasteiger partial charge >= 0.3 is 6.03 Å². The van der Waals surface area contributed by atoms with Crippen molar-refractivity contribution < 1.29 is 27.1 Å². The molecule has 14 heteroatoms. The summed E-state index contributed by atoms with van der Waals surface area (Å²) in [6, 6.07) is 1.12. The summed E-state index contributed by atoms with van der Waals surface area (Å²) in [5.74, 6) is -5.75. The van der Waals surface area contributed by atoms with Crippen LogP contribution in [0.3, 0.4) is 0 Å². The maximum absolute atomic E-state index is 14.2. The van der Waals surface area contributed by atoms with E-state index in [-0.39, 0.29) is 31.9 Å². The van der Waals surface area contributed by atoms with Crippen LogP contribution in [0.5, 0.6) is 0 Å². The van der Waals surface area contributed by atoms with Crippen molar-refractivity contribution in [3.63, 3.8) is 0 Å². The number of anilines is 2. The summed E-state index contributed by atoms with van der Waals surface area (Å²) in [5, 5.41) is 15.0. The summed E-state index contributed by atoms with van der Waals surface area (Å²) in [6.07, 6.45) is 4.41. The van der Waals surface area contributed by atoms with Crippen LogP contribution < -0.4 is 10.2 Å². The van der Waals surface area contributed by atoms with E-state index in [0.29, 0.717) is 59.7 Å². The summed E-state index contributed by atoms with van der Waals surface area (Å²) in [4.78, 5) is 21.0. The number of likely N-dealkylation sites (tertiary alicyclic amines) is 1. The van der Waals surface area contributed by atoms with Crippen LogP contribution in [0.25, 0.3) is 22.3 Å². The molecule has 5 heterocycles. The molecule has 3 aromatic rings. The van der Waals surface area contributed by atoms with Gasteiger partial charge in [-0.3, -0.25) is 14.8 Å². The Hall–Kier alpha value is -3.42. The van der Waals surface area contributed by atoms with Crippen LogP contribution in [-0.2, 0) is 11.3 Å². The molecule has 4 fully saturated rings. The van der Waals surface area contributed by atoms with Crippen LogP contribution in [-0.4, -0.2) is 86.1 Å². The van der Waals surface area contributed by atoms with Gasteiger partial charge in [0.25, 0.3) is 11.8 Å². The number of H-pyrrole nitrogens is 1. The van der Waals surface area contributed by atoms with Gasteiger partial charge in [-0.1, -0.05) is 0 Å². The molecular formula is C25H28F4N8O2. The van der Waals surface area contributed by atoms with Gasteiger partial charge in [0.15, 0.2) is 5.82 Å². The molecule has 2 amide bonds. The Morgan fingerprint density at radius 3 is 2.62 bits per heavy atom. The van der Waals surface area contributed by atoms with E-state index in [4.69, 9.17) is 4.74 Å². The van der Waals surface area contributed by atoms with Crippen LogP contribution in [0.4, 0.5) is 33.9 Å². The zero-order valence-electron chi connectivity index (χ0n) is 21.3. The van der Waals surface area contributed by atoms with Crippen molar-refractivity contribution in [2.24, 2.45) is 5.92 Å². The van der Waals surface area contributed by atoms with Crippen LogP contribution >= 0.6 is 0 Å². The van der Waals surface area contributed by atoms with E-state index in [0.717, 1.165) is 0 Å². The fraction of sp³-hybridized carbons (Fsp3) is 0.600. The number of nitrogens with one attached hydrogen (secondary N) is 2. The predicted octanol–water partition coefficient (Wildman–Crippen LogP) is 4.11. The Bertz CT molecular complexity index is 1440. The number of hydrogen-bond acceptors (Lipinski definition) is 6. The highest BCUT2D eigenvalue weighted by Gasteiger charge is 2.58. The Morgan fingerprint density at radius 2 is 1.92 bits per heavy atom. The Morgan fingerprint density at radius 1 is 1.18 bits per heavy atom. The monoisotopic (exact) mass is 548 g/mol. The second-order valence-electron chi connectivity index (χ2n) is 11.3. The first-order chi connectivity index (χ1) is 18.6. The van der Waals surface area contributed by atoms with Gasteiger partial charge in [0.2, 0.25) is 0 Å². The molecule has 2 saturated heterocycles. The third-order valence-corrected chi connectivity index (χ3v) is 8.57. The number of carbonyl (C=O) groups is 1. The molecule has 0 bridgehead atoms. The first kappa shape index (κ1) is 24.6. The highest BCUT2D eigenvalue weighted by molar-refractivity contribution is 5.96. The van der Waals surface area contributed by atoms with Crippen molar-refractivity contribution >= 4 is 28.4 Å². The number of piperidine rings is 1. The highest BCUT2D eigenvalue weighted by atomic mass is 19.3. The van der Waals surface area contributed by atoms with E-state index in [1.165, 1.54) is 11.1 Å². The Balaban J connectivity index is 1.18. The van der Waals surface area contributed by atoms with Crippen molar-refractivity contribution in [2.75, 3.05) is 37.0 Å². The third-order valence-electron chi connectivity index (χ3n) is 8.57. The van der Waals surface area contributed by atoms with E-state index >= 15 is 0 Å². The van der Waals surface area contributed by atoms with Gasteiger partial charge in [0.05, 0.1) is 47.7 Å². The van der Waals surface area contributed by atoms with Gasteiger partial charge in [-0.15, -0.1) is 0 Å². The molecule has 208 valence electrons. The van der Waals surface area contributed by atoms with Crippen molar-refractivity contribution in [1.82, 2.24) is 29.9 Å². The van der Waals surface area contributed by atoms with Crippen molar-refractivity contribution in [1.29, 1.82) is 0 Å². The lowest BCUT2D eigenvalue weighted by molar-refractivity contribution is -0.0721. The van der Waals surface area contributed by atoms with Gasteiger partial charge in [0.1, 0.15) is 5.69 Å². The SMILES string of the molecule is COC1CN(c2nn(CC3CC3(F)F)c3cc(-c4[nH]ncc4NC(=O)N4CC(F)(F)CCC45CC5)ncc23)C1. The van der Waals surface area contributed by atoms with Crippen molar-refractivity contribution in [2.45, 2.75) is 62.1 Å². The minimum Gasteiger partial charge on any atom is -0.378 e. The Labute approximate surface area is 220 Å². The lowest BCUT2D eigenvalue weighted by atomic mass is 9.97. The molecule has 4 aliphatic rings. The number of alkyl halides is 4. The molecule has 0 aromatic carbocycles. The zero-order valence-corrected chi connectivity index (χ0v) is 21.3. The molecule has 1 unspecified atom stereocenters. The minimum atomic E-state index is -2.93. The first-order valence-electron chi connectivity index (χ1n) is 13.1. The number of nitrogens with zero attached hydrogens (tertiary/aromatic N) is 6. The molecule has 0 radical (unpaired) electrons. The number of carbonyl (C=O) groups excluding carboxylic acids is 1. The van der Waals surface area contributed by atoms with E-state index in [1.54, 1.807) is 24.1 Å². The number of hydrogen-bond donors (Lipinski definition) is 2. The summed E-state index contributed by atoms with van der Waals surface area (Å²) >= 11 is 0. The van der Waals surface area contributed by atoms with E-state index < -0.39 is 35.9 Å². The summed E-state index contributed by atoms with van der Waals surface area (Å²) in [7, 11) is 1.64. The second kappa shape index (κ2) is 8.29. The Kier molecular flexibility index (Phi) is 5.23. The summed E-state index contributed by atoms with van der Waals surface area (Å²) in [5.41, 5.74) is 1.21. The number of aromatic nitrogens is 5. The van der Waals surface area contributed by atoms with Gasteiger partial charge < -0.3 is 19.9 Å². The molecular weight excluding hydrogens is 520 g/mol. The fourth-order valence-electron chi connectivity index (χ4n) is 5.74. The number of ether oxygens (including phenoxy) is 1. The minimum absolute atomic E-state index is 0.0618. The molecule has 2 N–H and O–H groups in total. The molecule has 39 heavy (non-hydrogen) atoms. The number of aromatic amines is 1. The quantitative estimate of drug-likeness (QED) is 0.450. The van der Waals surface area contributed by atoms with E-state index in [2.05, 4.69) is 25.6 Å². The third kappa shape index (κ3) is 4.19. The molecule has 7 rings (SSSR count). The standard InChI is InChI=1S/C25H28F4N8O2/c1-39-15-11-35(12-15)21-16-8-30-17(6-19(16)37(34-21)10-14-7-25(14,28)29)20-18(9-31-33-20)32-22(38)36-13-24(26,27)5-4-23(36)2-3-23/h6,8-9,14-15H,2-5,7,10-13H2,1H3,(H,31,33)(H,32,38). The zero-order chi connectivity index (χ0) is 27.2. The topological polar surface area (TPSA) is 104 Å². The van der Waals surface area contributed by atoms with E-state index in [9.17, 15) is 22.4 Å². The lowest BCUT2D eigenvalue weighted by Gasteiger charge is -2.40. The number of methoxy groups -OCH3 is 1. The van der Waals surface area contributed by atoms with Crippen molar-refractivity contribution in [3.05, 3.63) is 18.5 Å². The number of fused-ring (bicyclic) bond motifs is 1. The van der Waals surface area contributed by atoms with Gasteiger partial charge in [-0.2, -0.15) is 10.2 Å². The number of pyridine rings is 1. The van der Waals surface area contributed by atoms with Gasteiger partial charge in [-0.25, -0.2) is 22.4 Å². The average molecular weight is 549 g/mol. The average Bonchev–Trinajstić information content (AvgIpc) is 3.64. The maximum atomic E-state index is 14.2. The normalized spacial score (nSPS) is 24.7. The first-order valence-corrected chi connectivity index (χ1v) is 13.1. The van der Waals surface area contributed by atoms with Crippen LogP contribution in [0.15, 0.2) is 18.5 Å². The smallest absolute Gasteiger partial charge is 0.322 e. The van der Waals surface area contributed by atoms with Gasteiger partial charge in [0, 0.05) is 50.7 Å². The molecule has 1 spiro atoms. The number of halogens is 4. The van der Waals surface area contributed by atoms with Gasteiger partial charge in [-0.05, 0) is 25.3 Å². The van der Waals surface area contributed by atoms with Crippen LogP contribution in [0.1, 0.15) is 32.1 Å². The largest absolute Gasteiger partial charge is 0.378 e. The molecule has 3 aromatic heterocycles. The molecule has 1 atom stereocenters.